The molecule has 1 amide bonds. The Labute approximate surface area is 194 Å². The molecule has 0 aromatic heterocycles. The molecule has 3 aromatic carbocycles. The van der Waals surface area contributed by atoms with Gasteiger partial charge in [-0.25, -0.2) is 0 Å². The van der Waals surface area contributed by atoms with Crippen LogP contribution in [0.5, 0.6) is 5.75 Å². The van der Waals surface area contributed by atoms with Gasteiger partial charge in [0.05, 0.1) is 5.56 Å². The molecule has 0 atom stereocenters. The summed E-state index contributed by atoms with van der Waals surface area (Å²) in [6.07, 6.45) is -4.47. The molecule has 1 saturated heterocycles. The van der Waals surface area contributed by atoms with Gasteiger partial charge in [0.1, 0.15) is 5.75 Å². The van der Waals surface area contributed by atoms with Crippen LogP contribution in [0, 0.1) is 0 Å². The second kappa shape index (κ2) is 9.89. The predicted octanol–water partition coefficient (Wildman–Crippen LogP) is 5.52. The summed E-state index contributed by atoms with van der Waals surface area (Å²) in [5.74, 6) is -0.153. The van der Waals surface area contributed by atoms with Crippen LogP contribution in [0.3, 0.4) is 0 Å². The zero-order valence-electron chi connectivity index (χ0n) is 17.8. The van der Waals surface area contributed by atoms with E-state index in [2.05, 4.69) is 11.0 Å². The van der Waals surface area contributed by atoms with Crippen LogP contribution < -0.4 is 0 Å². The maximum Gasteiger partial charge on any atom is 0.416 e. The number of halogens is 3. The van der Waals surface area contributed by atoms with Gasteiger partial charge in [-0.3, -0.25) is 9.69 Å². The molecule has 1 N–H and O–H groups in total. The van der Waals surface area contributed by atoms with Crippen LogP contribution in [0.1, 0.15) is 21.5 Å². The number of amides is 1. The number of phenolic OH excluding ortho intramolecular Hbond substituents is 1. The van der Waals surface area contributed by atoms with Gasteiger partial charge in [0.2, 0.25) is 0 Å². The number of hydrogen-bond acceptors (Lipinski definition) is 4. The number of phenols is 1. The molecule has 1 heterocycles. The third-order valence-corrected chi connectivity index (χ3v) is 6.62. The van der Waals surface area contributed by atoms with E-state index in [9.17, 15) is 23.1 Å². The Morgan fingerprint density at radius 1 is 0.909 bits per heavy atom. The van der Waals surface area contributed by atoms with Crippen LogP contribution in [-0.2, 0) is 12.7 Å². The standard InChI is InChI=1S/C25H23F3N2O2S/c26-25(27,28)20-7-3-6-18(15-20)24(32)30-13-11-29(12-14-30)17-19-5-1-2-10-23(19)33-22-9-4-8-21(31)16-22/h1-10,15-16,31H,11-14,17H2. The summed E-state index contributed by atoms with van der Waals surface area (Å²) in [5.41, 5.74) is 0.391. The van der Waals surface area contributed by atoms with Crippen molar-refractivity contribution >= 4 is 17.7 Å². The van der Waals surface area contributed by atoms with Gasteiger partial charge in [0.25, 0.3) is 5.91 Å². The van der Waals surface area contributed by atoms with Gasteiger partial charge in [-0.1, -0.05) is 42.1 Å². The zero-order chi connectivity index (χ0) is 23.4. The molecule has 0 unspecified atom stereocenters. The lowest BCUT2D eigenvalue weighted by Gasteiger charge is -2.35. The lowest BCUT2D eigenvalue weighted by Crippen LogP contribution is -2.48. The van der Waals surface area contributed by atoms with E-state index in [1.807, 2.05) is 24.3 Å². The second-order valence-electron chi connectivity index (χ2n) is 7.85. The predicted molar refractivity (Wildman–Crippen MR) is 121 cm³/mol. The molecule has 1 aliphatic rings. The Kier molecular flexibility index (Phi) is 6.95. The van der Waals surface area contributed by atoms with Crippen LogP contribution in [0.4, 0.5) is 13.2 Å². The van der Waals surface area contributed by atoms with Crippen molar-refractivity contribution in [3.63, 3.8) is 0 Å². The number of piperazine rings is 1. The molecular formula is C25H23F3N2O2S. The second-order valence-corrected chi connectivity index (χ2v) is 8.97. The summed E-state index contributed by atoms with van der Waals surface area (Å²) in [6, 6.07) is 19.8. The summed E-state index contributed by atoms with van der Waals surface area (Å²) in [7, 11) is 0. The highest BCUT2D eigenvalue weighted by Crippen LogP contribution is 2.33. The third-order valence-electron chi connectivity index (χ3n) is 5.51. The summed E-state index contributed by atoms with van der Waals surface area (Å²) in [6.45, 7) is 2.88. The third kappa shape index (κ3) is 5.89. The topological polar surface area (TPSA) is 43.8 Å². The summed E-state index contributed by atoms with van der Waals surface area (Å²) >= 11 is 1.58. The first kappa shape index (κ1) is 23.2. The molecule has 1 aliphatic heterocycles. The number of carbonyl (C=O) groups is 1. The fraction of sp³-hybridized carbons (Fsp3) is 0.240. The van der Waals surface area contributed by atoms with E-state index >= 15 is 0 Å². The number of hydrogen-bond donors (Lipinski definition) is 1. The van der Waals surface area contributed by atoms with Crippen LogP contribution in [0.25, 0.3) is 0 Å². The SMILES string of the molecule is O=C(c1cccc(C(F)(F)F)c1)N1CCN(Cc2ccccc2Sc2cccc(O)c2)CC1. The minimum Gasteiger partial charge on any atom is -0.508 e. The van der Waals surface area contributed by atoms with Gasteiger partial charge in [-0.05, 0) is 48.0 Å². The Morgan fingerprint density at radius 2 is 1.64 bits per heavy atom. The van der Waals surface area contributed by atoms with Gasteiger partial charge < -0.3 is 10.0 Å². The molecule has 0 aliphatic carbocycles. The molecule has 8 heteroatoms. The number of benzene rings is 3. The lowest BCUT2D eigenvalue weighted by molar-refractivity contribution is -0.137. The van der Waals surface area contributed by atoms with Gasteiger partial charge in [-0.15, -0.1) is 0 Å². The Bertz CT molecular complexity index is 1130. The maximum atomic E-state index is 13.0. The average Bonchev–Trinajstić information content (AvgIpc) is 2.80. The van der Waals surface area contributed by atoms with Crippen molar-refractivity contribution in [1.29, 1.82) is 0 Å². The lowest BCUT2D eigenvalue weighted by atomic mass is 10.1. The van der Waals surface area contributed by atoms with Crippen LogP contribution in [0.2, 0.25) is 0 Å². The fourth-order valence-corrected chi connectivity index (χ4v) is 4.76. The number of carbonyl (C=O) groups excluding carboxylic acids is 1. The summed E-state index contributed by atoms with van der Waals surface area (Å²) in [4.78, 5) is 18.6. The van der Waals surface area contributed by atoms with Crippen molar-refractivity contribution in [2.45, 2.75) is 22.5 Å². The molecular weight excluding hydrogens is 449 g/mol. The van der Waals surface area contributed by atoms with Gasteiger partial charge in [0, 0.05) is 48.1 Å². The largest absolute Gasteiger partial charge is 0.508 e. The highest BCUT2D eigenvalue weighted by atomic mass is 32.2. The van der Waals surface area contributed by atoms with Crippen molar-refractivity contribution in [3.8, 4) is 5.75 Å². The van der Waals surface area contributed by atoms with E-state index in [0.29, 0.717) is 32.7 Å². The van der Waals surface area contributed by atoms with Crippen molar-refractivity contribution < 1.29 is 23.1 Å². The van der Waals surface area contributed by atoms with E-state index in [0.717, 1.165) is 27.5 Å². The Hall–Kier alpha value is -2.97. The molecule has 3 aromatic rings. The number of nitrogens with zero attached hydrogens (tertiary/aromatic N) is 2. The van der Waals surface area contributed by atoms with E-state index < -0.39 is 11.7 Å². The van der Waals surface area contributed by atoms with E-state index in [-0.39, 0.29) is 17.2 Å². The number of rotatable bonds is 5. The first-order valence-electron chi connectivity index (χ1n) is 10.5. The van der Waals surface area contributed by atoms with Crippen molar-refractivity contribution in [2.24, 2.45) is 0 Å². The molecule has 4 nitrogen and oxygen atoms in total. The quantitative estimate of drug-likeness (QED) is 0.531. The normalized spacial score (nSPS) is 14.9. The van der Waals surface area contributed by atoms with Crippen molar-refractivity contribution in [3.05, 3.63) is 89.5 Å². The van der Waals surface area contributed by atoms with Crippen molar-refractivity contribution in [1.82, 2.24) is 9.80 Å². The van der Waals surface area contributed by atoms with Gasteiger partial charge in [-0.2, -0.15) is 13.2 Å². The molecule has 0 bridgehead atoms. The zero-order valence-corrected chi connectivity index (χ0v) is 18.6. The minimum absolute atomic E-state index is 0.0612. The molecule has 172 valence electrons. The van der Waals surface area contributed by atoms with Crippen LogP contribution in [0.15, 0.2) is 82.6 Å². The molecule has 0 spiro atoms. The summed E-state index contributed by atoms with van der Waals surface area (Å²) in [5, 5.41) is 9.72. The average molecular weight is 473 g/mol. The molecule has 0 radical (unpaired) electrons. The molecule has 1 fully saturated rings. The molecule has 4 rings (SSSR count). The van der Waals surface area contributed by atoms with Crippen LogP contribution >= 0.6 is 11.8 Å². The smallest absolute Gasteiger partial charge is 0.416 e. The monoisotopic (exact) mass is 472 g/mol. The fourth-order valence-electron chi connectivity index (χ4n) is 3.77. The van der Waals surface area contributed by atoms with E-state index in [1.54, 1.807) is 34.9 Å². The number of aromatic hydroxyl groups is 1. The van der Waals surface area contributed by atoms with Crippen LogP contribution in [-0.4, -0.2) is 47.0 Å². The molecule has 0 saturated carbocycles. The number of alkyl halides is 3. The highest BCUT2D eigenvalue weighted by molar-refractivity contribution is 7.99. The van der Waals surface area contributed by atoms with Gasteiger partial charge >= 0.3 is 6.18 Å². The summed E-state index contributed by atoms with van der Waals surface area (Å²) < 4.78 is 38.9. The van der Waals surface area contributed by atoms with E-state index in [4.69, 9.17) is 0 Å². The Morgan fingerprint density at radius 3 is 2.36 bits per heavy atom. The van der Waals surface area contributed by atoms with E-state index in [1.165, 1.54) is 12.1 Å². The maximum absolute atomic E-state index is 13.0. The highest BCUT2D eigenvalue weighted by Gasteiger charge is 2.31. The van der Waals surface area contributed by atoms with Crippen molar-refractivity contribution in [2.75, 3.05) is 26.2 Å². The van der Waals surface area contributed by atoms with Gasteiger partial charge in [0.15, 0.2) is 0 Å². The Balaban J connectivity index is 1.38. The molecule has 33 heavy (non-hydrogen) atoms. The first-order valence-corrected chi connectivity index (χ1v) is 11.3. The first-order chi connectivity index (χ1) is 15.8. The minimum atomic E-state index is -4.47.